The zero-order valence-electron chi connectivity index (χ0n) is 10.7. The van der Waals surface area contributed by atoms with Crippen LogP contribution in [-0.2, 0) is 4.79 Å². The van der Waals surface area contributed by atoms with Gasteiger partial charge in [-0.25, -0.2) is 4.79 Å². The molecule has 1 atom stereocenters. The average molecular weight is 259 g/mol. The summed E-state index contributed by atoms with van der Waals surface area (Å²) in [5, 5.41) is 12.6. The summed E-state index contributed by atoms with van der Waals surface area (Å²) in [6.07, 6.45) is 1.63. The minimum absolute atomic E-state index is 0.414. The fourth-order valence-electron chi connectivity index (χ4n) is 2.81. The minimum Gasteiger partial charge on any atom is -0.480 e. The van der Waals surface area contributed by atoms with Gasteiger partial charge in [0.15, 0.2) is 0 Å². The Morgan fingerprint density at radius 3 is 3.00 bits per heavy atom. The predicted octanol–water partition coefficient (Wildman–Crippen LogP) is 1.09. The van der Waals surface area contributed by atoms with Gasteiger partial charge < -0.3 is 15.3 Å². The molecular weight excluding hydrogens is 242 g/mol. The van der Waals surface area contributed by atoms with Crippen LogP contribution >= 0.6 is 0 Å². The molecule has 5 heteroatoms. The molecule has 1 fully saturated rings. The van der Waals surface area contributed by atoms with Crippen molar-refractivity contribution in [2.24, 2.45) is 4.99 Å². The molecule has 0 bridgehead atoms. The predicted molar refractivity (Wildman–Crippen MR) is 73.9 cm³/mol. The van der Waals surface area contributed by atoms with Crippen molar-refractivity contribution in [2.75, 3.05) is 24.5 Å². The van der Waals surface area contributed by atoms with Crippen LogP contribution in [0.1, 0.15) is 18.4 Å². The molecule has 2 aliphatic heterocycles. The highest BCUT2D eigenvalue weighted by atomic mass is 16.4. The third kappa shape index (κ3) is 2.16. The Kier molecular flexibility index (Phi) is 3.11. The summed E-state index contributed by atoms with van der Waals surface area (Å²) in [4.78, 5) is 17.8. The number of aliphatic carboxylic acids is 1. The molecule has 0 amide bonds. The van der Waals surface area contributed by atoms with Crippen molar-refractivity contribution in [1.29, 1.82) is 0 Å². The number of nitrogens with one attached hydrogen (secondary N) is 1. The average Bonchev–Trinajstić information content (AvgIpc) is 3.10. The van der Waals surface area contributed by atoms with E-state index in [0.29, 0.717) is 6.42 Å². The smallest absolute Gasteiger partial charge is 0.326 e. The zero-order valence-corrected chi connectivity index (χ0v) is 10.7. The summed E-state index contributed by atoms with van der Waals surface area (Å²) in [6, 6.07) is 7.49. The van der Waals surface area contributed by atoms with Crippen LogP contribution in [0, 0.1) is 0 Å². The van der Waals surface area contributed by atoms with E-state index in [2.05, 4.69) is 10.3 Å². The second-order valence-corrected chi connectivity index (χ2v) is 4.86. The number of carboxylic acids is 1. The van der Waals surface area contributed by atoms with Crippen LogP contribution in [0.15, 0.2) is 29.3 Å². The van der Waals surface area contributed by atoms with Gasteiger partial charge in [0.05, 0.1) is 6.54 Å². The number of carbonyl (C=O) groups is 1. The normalized spacial score (nSPS) is 22.2. The van der Waals surface area contributed by atoms with Crippen LogP contribution in [0.25, 0.3) is 0 Å². The monoisotopic (exact) mass is 259 g/mol. The van der Waals surface area contributed by atoms with Crippen molar-refractivity contribution in [3.8, 4) is 0 Å². The largest absolute Gasteiger partial charge is 0.480 e. The number of benzene rings is 1. The van der Waals surface area contributed by atoms with Gasteiger partial charge in [0, 0.05) is 24.3 Å². The minimum atomic E-state index is -0.742. The maximum absolute atomic E-state index is 11.3. The molecule has 0 radical (unpaired) electrons. The molecule has 0 saturated carbocycles. The lowest BCUT2D eigenvalue weighted by molar-refractivity contribution is -0.138. The topological polar surface area (TPSA) is 64.9 Å². The lowest BCUT2D eigenvalue weighted by Gasteiger charge is -2.26. The Balaban J connectivity index is 1.98. The van der Waals surface area contributed by atoms with Gasteiger partial charge in [-0.2, -0.15) is 0 Å². The second kappa shape index (κ2) is 4.91. The molecule has 19 heavy (non-hydrogen) atoms. The van der Waals surface area contributed by atoms with Crippen LogP contribution in [0.2, 0.25) is 0 Å². The van der Waals surface area contributed by atoms with Gasteiger partial charge in [-0.15, -0.1) is 0 Å². The van der Waals surface area contributed by atoms with Crippen molar-refractivity contribution >= 4 is 17.5 Å². The number of aliphatic imine (C=N–C) groups is 1. The lowest BCUT2D eigenvalue weighted by atomic mass is 10.1. The Labute approximate surface area is 112 Å². The Bertz CT molecular complexity index is 527. The molecule has 1 saturated heterocycles. The number of para-hydroxylation sites is 1. The SMILES string of the molecule is O=C(O)C1CCCN1c1ccccc1C1=NCCN1. The lowest BCUT2D eigenvalue weighted by Crippen LogP contribution is -2.37. The third-order valence-electron chi connectivity index (χ3n) is 3.68. The van der Waals surface area contributed by atoms with Crippen LogP contribution in [0.4, 0.5) is 5.69 Å². The summed E-state index contributed by atoms with van der Waals surface area (Å²) in [5.74, 6) is 0.139. The van der Waals surface area contributed by atoms with E-state index in [1.165, 1.54) is 0 Å². The summed E-state index contributed by atoms with van der Waals surface area (Å²) in [5.41, 5.74) is 1.98. The number of nitrogens with zero attached hydrogens (tertiary/aromatic N) is 2. The van der Waals surface area contributed by atoms with Crippen LogP contribution in [0.3, 0.4) is 0 Å². The summed E-state index contributed by atoms with van der Waals surface area (Å²) in [7, 11) is 0. The first kappa shape index (κ1) is 12.0. The molecule has 0 spiro atoms. The van der Waals surface area contributed by atoms with Crippen molar-refractivity contribution < 1.29 is 9.90 Å². The summed E-state index contributed by atoms with van der Waals surface area (Å²) in [6.45, 7) is 2.43. The van der Waals surface area contributed by atoms with E-state index in [9.17, 15) is 9.90 Å². The molecule has 0 aliphatic carbocycles. The summed E-state index contributed by atoms with van der Waals surface area (Å²) >= 11 is 0. The molecule has 2 heterocycles. The molecule has 1 aromatic rings. The fourth-order valence-corrected chi connectivity index (χ4v) is 2.81. The maximum Gasteiger partial charge on any atom is 0.326 e. The number of anilines is 1. The second-order valence-electron chi connectivity index (χ2n) is 4.86. The van der Waals surface area contributed by atoms with Crippen molar-refractivity contribution in [3.63, 3.8) is 0 Å². The number of carboxylic acid groups (broad SMARTS) is 1. The highest BCUT2D eigenvalue weighted by Crippen LogP contribution is 2.29. The maximum atomic E-state index is 11.3. The van der Waals surface area contributed by atoms with Crippen LogP contribution < -0.4 is 10.2 Å². The van der Waals surface area contributed by atoms with Crippen LogP contribution in [-0.4, -0.2) is 42.6 Å². The van der Waals surface area contributed by atoms with E-state index < -0.39 is 12.0 Å². The fraction of sp³-hybridized carbons (Fsp3) is 0.429. The van der Waals surface area contributed by atoms with Gasteiger partial charge in [-0.3, -0.25) is 4.99 Å². The van der Waals surface area contributed by atoms with Gasteiger partial charge in [0.25, 0.3) is 0 Å². The number of amidine groups is 1. The first-order chi connectivity index (χ1) is 9.27. The number of rotatable bonds is 3. The van der Waals surface area contributed by atoms with E-state index in [4.69, 9.17) is 0 Å². The van der Waals surface area contributed by atoms with Gasteiger partial charge >= 0.3 is 5.97 Å². The Hall–Kier alpha value is -2.04. The summed E-state index contributed by atoms with van der Waals surface area (Å²) < 4.78 is 0. The molecule has 1 unspecified atom stereocenters. The van der Waals surface area contributed by atoms with E-state index in [-0.39, 0.29) is 0 Å². The van der Waals surface area contributed by atoms with E-state index in [0.717, 1.165) is 43.1 Å². The molecular formula is C14H17N3O2. The van der Waals surface area contributed by atoms with Gasteiger partial charge in [-0.05, 0) is 25.0 Å². The van der Waals surface area contributed by atoms with Crippen molar-refractivity contribution in [2.45, 2.75) is 18.9 Å². The van der Waals surface area contributed by atoms with Gasteiger partial charge in [0.1, 0.15) is 11.9 Å². The molecule has 1 aromatic carbocycles. The first-order valence-corrected chi connectivity index (χ1v) is 6.64. The highest BCUT2D eigenvalue weighted by Gasteiger charge is 2.32. The van der Waals surface area contributed by atoms with E-state index >= 15 is 0 Å². The quantitative estimate of drug-likeness (QED) is 0.853. The van der Waals surface area contributed by atoms with E-state index in [1.807, 2.05) is 29.2 Å². The number of hydrogen-bond donors (Lipinski definition) is 2. The molecule has 5 nitrogen and oxygen atoms in total. The zero-order chi connectivity index (χ0) is 13.2. The third-order valence-corrected chi connectivity index (χ3v) is 3.68. The molecule has 0 aromatic heterocycles. The number of hydrogen-bond acceptors (Lipinski definition) is 4. The van der Waals surface area contributed by atoms with E-state index in [1.54, 1.807) is 0 Å². The van der Waals surface area contributed by atoms with Crippen LogP contribution in [0.5, 0.6) is 0 Å². The molecule has 3 rings (SSSR count). The van der Waals surface area contributed by atoms with Gasteiger partial charge in [-0.1, -0.05) is 12.1 Å². The standard InChI is InChI=1S/C14H17N3O2/c18-14(19)12-6-3-9-17(12)11-5-2-1-4-10(11)13-15-7-8-16-13/h1-2,4-5,12H,3,6-9H2,(H,15,16)(H,18,19). The molecule has 2 N–H and O–H groups in total. The first-order valence-electron chi connectivity index (χ1n) is 6.64. The van der Waals surface area contributed by atoms with Crippen molar-refractivity contribution in [3.05, 3.63) is 29.8 Å². The Morgan fingerprint density at radius 1 is 1.42 bits per heavy atom. The molecule has 100 valence electrons. The Morgan fingerprint density at radius 2 is 2.26 bits per heavy atom. The van der Waals surface area contributed by atoms with Crippen molar-refractivity contribution in [1.82, 2.24) is 5.32 Å². The van der Waals surface area contributed by atoms with Gasteiger partial charge in [0.2, 0.25) is 0 Å². The highest BCUT2D eigenvalue weighted by molar-refractivity contribution is 6.05. The molecule has 2 aliphatic rings.